The summed E-state index contributed by atoms with van der Waals surface area (Å²) >= 11 is 0. The van der Waals surface area contributed by atoms with Crippen molar-refractivity contribution in [3.8, 4) is 23.0 Å². The lowest BCUT2D eigenvalue weighted by Gasteiger charge is -2.48. The Kier molecular flexibility index (Phi) is 25.4. The maximum Gasteiger partial charge on any atom is 0.229 e. The highest BCUT2D eigenvalue weighted by Crippen LogP contribution is 2.54. The van der Waals surface area contributed by atoms with Crippen LogP contribution in [0.1, 0.15) is 205 Å². The van der Waals surface area contributed by atoms with E-state index < -0.39 is 28.4 Å². The van der Waals surface area contributed by atoms with E-state index in [-0.39, 0.29) is 41.2 Å². The van der Waals surface area contributed by atoms with Crippen LogP contribution in [0.3, 0.4) is 0 Å². The molecule has 2 rings (SSSR count). The second-order valence-corrected chi connectivity index (χ2v) is 16.6. The first kappa shape index (κ1) is 50.2. The highest BCUT2D eigenvalue weighted by atomic mass is 16.3. The van der Waals surface area contributed by atoms with E-state index >= 15 is 0 Å². The first-order valence-electron chi connectivity index (χ1n) is 23.0. The SMILES string of the molecule is CCCCCCCCC=CCCCCCCCC(C(N)=O)(c1ccc(O)c(O)c1)C(CCCCCCCC=CCCCCCCCC)(C(N)=O)c1cc(O)ccc1O. The molecule has 0 fully saturated rings. The van der Waals surface area contributed by atoms with Crippen molar-refractivity contribution in [1.29, 1.82) is 0 Å². The summed E-state index contributed by atoms with van der Waals surface area (Å²) < 4.78 is 0. The first-order chi connectivity index (χ1) is 28.1. The number of allylic oxidation sites excluding steroid dienone is 4. The molecule has 0 aliphatic carbocycles. The summed E-state index contributed by atoms with van der Waals surface area (Å²) in [6, 6.07) is 7.96. The smallest absolute Gasteiger partial charge is 0.229 e. The van der Waals surface area contributed by atoms with Crippen LogP contribution < -0.4 is 11.5 Å². The van der Waals surface area contributed by atoms with Crippen LogP contribution in [0.2, 0.25) is 0 Å². The molecule has 2 unspecified atom stereocenters. The standard InChI is InChI=1S/C50H80N2O6/c1-3-5-7-9-11-13-15-17-19-21-23-25-27-29-31-37-49(47(51)57,41-33-35-45(55)46(56)39-41)50(48(52)58,43-40-42(53)34-36-44(43)54)38-32-30-28-26-24-22-20-18-16-14-12-10-8-6-4-2/h17-20,33-36,39-40,53-56H,3-16,21-32,37-38H2,1-2H3,(H2,51,57)(H2,52,58). The molecular weight excluding hydrogens is 725 g/mol. The molecule has 2 atom stereocenters. The Hall–Kier alpha value is -3.94. The molecule has 2 aromatic rings. The zero-order valence-corrected chi connectivity index (χ0v) is 36.3. The maximum atomic E-state index is 14.2. The maximum absolute atomic E-state index is 14.2. The van der Waals surface area contributed by atoms with Crippen LogP contribution in [-0.2, 0) is 20.4 Å². The van der Waals surface area contributed by atoms with E-state index in [4.69, 9.17) is 11.5 Å². The summed E-state index contributed by atoms with van der Waals surface area (Å²) in [4.78, 5) is 28.4. The second kappa shape index (κ2) is 29.3. The molecule has 0 saturated heterocycles. The molecule has 58 heavy (non-hydrogen) atoms. The molecule has 2 aromatic carbocycles. The molecule has 0 bridgehead atoms. The fourth-order valence-corrected chi connectivity index (χ4v) is 8.70. The lowest BCUT2D eigenvalue weighted by Crippen LogP contribution is -2.63. The summed E-state index contributed by atoms with van der Waals surface area (Å²) in [5.74, 6) is -3.03. The fourth-order valence-electron chi connectivity index (χ4n) is 8.70. The van der Waals surface area contributed by atoms with Crippen molar-refractivity contribution in [3.05, 3.63) is 71.8 Å². The zero-order chi connectivity index (χ0) is 42.5. The number of carbonyl (C=O) groups is 2. The number of aromatic hydroxyl groups is 4. The summed E-state index contributed by atoms with van der Waals surface area (Å²) in [7, 11) is 0. The predicted octanol–water partition coefficient (Wildman–Crippen LogP) is 12.7. The third-order valence-electron chi connectivity index (χ3n) is 12.1. The summed E-state index contributed by atoms with van der Waals surface area (Å²) in [5.41, 5.74) is 9.35. The Labute approximate surface area is 351 Å². The van der Waals surface area contributed by atoms with Crippen LogP contribution in [-0.4, -0.2) is 32.2 Å². The van der Waals surface area contributed by atoms with Crippen molar-refractivity contribution < 1.29 is 30.0 Å². The van der Waals surface area contributed by atoms with Gasteiger partial charge in [0.25, 0.3) is 0 Å². The van der Waals surface area contributed by atoms with E-state index in [0.29, 0.717) is 12.8 Å². The van der Waals surface area contributed by atoms with E-state index in [2.05, 4.69) is 38.2 Å². The number of hydrogen-bond donors (Lipinski definition) is 6. The molecule has 8 nitrogen and oxygen atoms in total. The second-order valence-electron chi connectivity index (χ2n) is 16.6. The molecule has 0 saturated carbocycles. The summed E-state index contributed by atoms with van der Waals surface area (Å²) in [6.45, 7) is 4.48. The van der Waals surface area contributed by atoms with Gasteiger partial charge in [-0.1, -0.05) is 160 Å². The molecule has 8 N–H and O–H groups in total. The van der Waals surface area contributed by atoms with Crippen molar-refractivity contribution in [1.82, 2.24) is 0 Å². The Morgan fingerprint density at radius 2 is 0.845 bits per heavy atom. The van der Waals surface area contributed by atoms with Crippen LogP contribution in [0.25, 0.3) is 0 Å². The number of nitrogens with two attached hydrogens (primary N) is 2. The van der Waals surface area contributed by atoms with Gasteiger partial charge >= 0.3 is 0 Å². The number of phenols is 4. The lowest BCUT2D eigenvalue weighted by atomic mass is 9.52. The van der Waals surface area contributed by atoms with Gasteiger partial charge in [0.2, 0.25) is 11.8 Å². The van der Waals surface area contributed by atoms with Gasteiger partial charge in [-0.2, -0.15) is 0 Å². The molecule has 0 aliphatic heterocycles. The van der Waals surface area contributed by atoms with Gasteiger partial charge < -0.3 is 31.9 Å². The van der Waals surface area contributed by atoms with E-state index in [1.54, 1.807) is 0 Å². The van der Waals surface area contributed by atoms with Crippen LogP contribution >= 0.6 is 0 Å². The minimum absolute atomic E-state index is 0.0228. The van der Waals surface area contributed by atoms with Gasteiger partial charge in [0, 0.05) is 5.56 Å². The highest BCUT2D eigenvalue weighted by Gasteiger charge is 2.61. The first-order valence-corrected chi connectivity index (χ1v) is 23.0. The van der Waals surface area contributed by atoms with Crippen molar-refractivity contribution >= 4 is 11.8 Å². The molecule has 8 heteroatoms. The number of rotatable bonds is 35. The zero-order valence-electron chi connectivity index (χ0n) is 36.3. The van der Waals surface area contributed by atoms with Crippen molar-refractivity contribution in [2.24, 2.45) is 11.5 Å². The normalized spacial score (nSPS) is 13.9. The van der Waals surface area contributed by atoms with E-state index in [1.165, 1.54) is 113 Å². The molecule has 0 radical (unpaired) electrons. The quantitative estimate of drug-likeness (QED) is 0.0175. The van der Waals surface area contributed by atoms with Crippen molar-refractivity contribution in [2.75, 3.05) is 0 Å². The Bertz CT molecular complexity index is 1500. The Morgan fingerprint density at radius 3 is 1.26 bits per heavy atom. The van der Waals surface area contributed by atoms with Crippen LogP contribution in [0.4, 0.5) is 0 Å². The molecule has 2 amide bonds. The topological polar surface area (TPSA) is 167 Å². The number of hydrogen-bond acceptors (Lipinski definition) is 6. The van der Waals surface area contributed by atoms with E-state index in [0.717, 1.165) is 77.0 Å². The van der Waals surface area contributed by atoms with Gasteiger partial charge in [0.1, 0.15) is 11.5 Å². The largest absolute Gasteiger partial charge is 0.508 e. The van der Waals surface area contributed by atoms with Gasteiger partial charge in [-0.25, -0.2) is 0 Å². The third-order valence-corrected chi connectivity index (χ3v) is 12.1. The third kappa shape index (κ3) is 16.4. The van der Waals surface area contributed by atoms with Gasteiger partial charge in [-0.3, -0.25) is 9.59 Å². The molecular formula is C50H80N2O6. The molecule has 0 aromatic heterocycles. The minimum Gasteiger partial charge on any atom is -0.508 e. The monoisotopic (exact) mass is 805 g/mol. The van der Waals surface area contributed by atoms with E-state index in [1.807, 2.05) is 0 Å². The Balaban J connectivity index is 2.21. The summed E-state index contributed by atoms with van der Waals surface area (Å²) in [6.07, 6.45) is 37.6. The van der Waals surface area contributed by atoms with Crippen LogP contribution in [0, 0.1) is 0 Å². The number of unbranched alkanes of at least 4 members (excludes halogenated alkanes) is 22. The minimum atomic E-state index is -1.88. The van der Waals surface area contributed by atoms with Gasteiger partial charge in [0.05, 0.1) is 10.8 Å². The van der Waals surface area contributed by atoms with Gasteiger partial charge in [-0.05, 0) is 100 Å². The van der Waals surface area contributed by atoms with Gasteiger partial charge in [0.15, 0.2) is 11.5 Å². The molecule has 0 spiro atoms. The van der Waals surface area contributed by atoms with Crippen LogP contribution in [0.5, 0.6) is 23.0 Å². The number of amides is 2. The average molecular weight is 805 g/mol. The number of phenolic OH excluding ortho intramolecular Hbond substituents is 4. The number of benzene rings is 2. The average Bonchev–Trinajstić information content (AvgIpc) is 3.20. The highest BCUT2D eigenvalue weighted by molar-refractivity contribution is 6.01. The molecule has 326 valence electrons. The lowest BCUT2D eigenvalue weighted by molar-refractivity contribution is -0.137. The van der Waals surface area contributed by atoms with Crippen molar-refractivity contribution in [3.63, 3.8) is 0 Å². The Morgan fingerprint density at radius 1 is 0.466 bits per heavy atom. The number of carbonyl (C=O) groups excluding carboxylic acids is 2. The van der Waals surface area contributed by atoms with E-state index in [9.17, 15) is 30.0 Å². The molecule has 0 aliphatic rings. The molecule has 0 heterocycles. The fraction of sp³-hybridized carbons (Fsp3) is 0.640. The predicted molar refractivity (Wildman–Crippen MR) is 240 cm³/mol. The van der Waals surface area contributed by atoms with Crippen molar-refractivity contribution in [2.45, 2.75) is 204 Å². The summed E-state index contributed by atoms with van der Waals surface area (Å²) in [5, 5.41) is 43.1. The van der Waals surface area contributed by atoms with Gasteiger partial charge in [-0.15, -0.1) is 0 Å². The van der Waals surface area contributed by atoms with Crippen LogP contribution in [0.15, 0.2) is 60.7 Å². The number of primary amides is 2.